The summed E-state index contributed by atoms with van der Waals surface area (Å²) >= 11 is 1.13. The Bertz CT molecular complexity index is 932. The average molecular weight is 420 g/mol. The Morgan fingerprint density at radius 2 is 2.10 bits per heavy atom. The van der Waals surface area contributed by atoms with Gasteiger partial charge in [0.15, 0.2) is 5.13 Å². The molecule has 0 aliphatic heterocycles. The number of anilines is 2. The minimum Gasteiger partial charge on any atom is -0.459 e. The van der Waals surface area contributed by atoms with Crippen molar-refractivity contribution >= 4 is 34.0 Å². The molecule has 2 aliphatic carbocycles. The van der Waals surface area contributed by atoms with Crippen LogP contribution in [0, 0.1) is 29.4 Å². The van der Waals surface area contributed by atoms with E-state index in [9.17, 15) is 18.4 Å². The first-order chi connectivity index (χ1) is 13.9. The lowest BCUT2D eigenvalue weighted by molar-refractivity contribution is -0.146. The number of rotatable bonds is 6. The second-order valence-electron chi connectivity index (χ2n) is 7.87. The zero-order valence-corrected chi connectivity index (χ0v) is 16.9. The molecule has 0 radical (unpaired) electrons. The summed E-state index contributed by atoms with van der Waals surface area (Å²) in [5.74, 6) is -0.389. The van der Waals surface area contributed by atoms with E-state index in [4.69, 9.17) is 4.74 Å². The van der Waals surface area contributed by atoms with Crippen LogP contribution in [0.4, 0.5) is 19.6 Å². The molecule has 1 heterocycles. The topological polar surface area (TPSA) is 59.5 Å². The number of hydrogen-bond donors (Lipinski definition) is 0. The van der Waals surface area contributed by atoms with Crippen LogP contribution >= 0.6 is 11.3 Å². The average Bonchev–Trinajstić information content (AvgIpc) is 3.39. The van der Waals surface area contributed by atoms with Gasteiger partial charge in [-0.2, -0.15) is 0 Å². The molecule has 5 nitrogen and oxygen atoms in total. The van der Waals surface area contributed by atoms with Crippen molar-refractivity contribution in [3.05, 3.63) is 40.9 Å². The molecule has 1 aromatic carbocycles. The molecule has 2 saturated carbocycles. The number of fused-ring (bicyclic) bond motifs is 2. The summed E-state index contributed by atoms with van der Waals surface area (Å²) in [5, 5.41) is 1.90. The number of halogens is 2. The molecule has 1 aromatic heterocycles. The molecule has 2 bridgehead atoms. The van der Waals surface area contributed by atoms with E-state index in [1.807, 2.05) is 0 Å². The molecule has 0 saturated heterocycles. The number of esters is 1. The number of thiazole rings is 1. The monoisotopic (exact) mass is 420 g/mol. The maximum absolute atomic E-state index is 14.1. The third-order valence-corrected chi connectivity index (χ3v) is 6.77. The summed E-state index contributed by atoms with van der Waals surface area (Å²) in [4.78, 5) is 29.6. The number of nitrogens with zero attached hydrogens (tertiary/aromatic N) is 2. The number of aromatic nitrogens is 1. The lowest BCUT2D eigenvalue weighted by Crippen LogP contribution is -2.23. The first-order valence-corrected chi connectivity index (χ1v) is 10.6. The molecule has 2 aromatic rings. The van der Waals surface area contributed by atoms with E-state index in [0.717, 1.165) is 40.7 Å². The SMILES string of the molecule is CC(=O)N(c1nc(COC(=O)C[C@H]2C[C@H]3CC[C@@H]2C3)cs1)c1ccc(F)cc1F. The summed E-state index contributed by atoms with van der Waals surface area (Å²) in [5.41, 5.74) is 0.410. The zero-order chi connectivity index (χ0) is 20.5. The maximum atomic E-state index is 14.1. The van der Waals surface area contributed by atoms with Crippen LogP contribution in [-0.2, 0) is 20.9 Å². The van der Waals surface area contributed by atoms with E-state index in [-0.39, 0.29) is 23.4 Å². The van der Waals surface area contributed by atoms with Gasteiger partial charge in [0.1, 0.15) is 18.2 Å². The Morgan fingerprint density at radius 1 is 1.28 bits per heavy atom. The van der Waals surface area contributed by atoms with Gasteiger partial charge < -0.3 is 4.74 Å². The molecule has 4 rings (SSSR count). The smallest absolute Gasteiger partial charge is 0.306 e. The van der Waals surface area contributed by atoms with Crippen molar-refractivity contribution < 1.29 is 23.1 Å². The van der Waals surface area contributed by atoms with Crippen molar-refractivity contribution in [2.24, 2.45) is 17.8 Å². The molecular weight excluding hydrogens is 398 g/mol. The van der Waals surface area contributed by atoms with Crippen molar-refractivity contribution in [1.82, 2.24) is 4.98 Å². The minimum absolute atomic E-state index is 0.00773. The molecule has 2 aliphatic rings. The van der Waals surface area contributed by atoms with Crippen LogP contribution in [0.25, 0.3) is 0 Å². The number of benzene rings is 1. The van der Waals surface area contributed by atoms with Crippen molar-refractivity contribution in [1.29, 1.82) is 0 Å². The standard InChI is InChI=1S/C21H22F2N2O3S/c1-12(26)25(19-5-4-16(22)9-18(19)23)21-24-17(11-29-21)10-28-20(27)8-15-7-13-2-3-14(15)6-13/h4-5,9,11,13-15H,2-3,6-8,10H2,1H3/t13-,14+,15+/m0/s1. The van der Waals surface area contributed by atoms with E-state index in [1.54, 1.807) is 5.38 Å². The largest absolute Gasteiger partial charge is 0.459 e. The van der Waals surface area contributed by atoms with Crippen molar-refractivity contribution in [3.8, 4) is 0 Å². The lowest BCUT2D eigenvalue weighted by Gasteiger charge is -2.20. The summed E-state index contributed by atoms with van der Waals surface area (Å²) in [6, 6.07) is 3.00. The van der Waals surface area contributed by atoms with Gasteiger partial charge in [-0.15, -0.1) is 11.3 Å². The van der Waals surface area contributed by atoms with Crippen LogP contribution < -0.4 is 4.90 Å². The number of ether oxygens (including phenoxy) is 1. The van der Waals surface area contributed by atoms with Crippen LogP contribution in [-0.4, -0.2) is 16.9 Å². The van der Waals surface area contributed by atoms with Crippen molar-refractivity contribution in [2.75, 3.05) is 4.90 Å². The van der Waals surface area contributed by atoms with E-state index >= 15 is 0 Å². The number of carbonyl (C=O) groups is 2. The predicted octanol–water partition coefficient (Wildman–Crippen LogP) is 4.98. The Kier molecular flexibility index (Phi) is 5.63. The molecular formula is C21H22F2N2O3S. The molecule has 29 heavy (non-hydrogen) atoms. The van der Waals surface area contributed by atoms with Crippen molar-refractivity contribution in [2.45, 2.75) is 45.6 Å². The van der Waals surface area contributed by atoms with Gasteiger partial charge in [0.05, 0.1) is 11.4 Å². The highest BCUT2D eigenvalue weighted by molar-refractivity contribution is 7.14. The summed E-state index contributed by atoms with van der Waals surface area (Å²) < 4.78 is 32.7. The molecule has 0 N–H and O–H groups in total. The molecule has 3 atom stereocenters. The Balaban J connectivity index is 1.39. The van der Waals surface area contributed by atoms with Crippen LogP contribution in [0.15, 0.2) is 23.6 Å². The fraction of sp³-hybridized carbons (Fsp3) is 0.476. The van der Waals surface area contributed by atoms with Crippen molar-refractivity contribution in [3.63, 3.8) is 0 Å². The Morgan fingerprint density at radius 3 is 2.76 bits per heavy atom. The molecule has 2 fully saturated rings. The summed E-state index contributed by atoms with van der Waals surface area (Å²) in [6.07, 6.45) is 5.32. The van der Waals surface area contributed by atoms with Gasteiger partial charge in [0, 0.05) is 24.8 Å². The third kappa shape index (κ3) is 4.32. The van der Waals surface area contributed by atoms with Crippen LogP contribution in [0.3, 0.4) is 0 Å². The van der Waals surface area contributed by atoms with E-state index in [2.05, 4.69) is 4.98 Å². The number of carbonyl (C=O) groups excluding carboxylic acids is 2. The van der Waals surface area contributed by atoms with E-state index < -0.39 is 17.5 Å². The number of amides is 1. The molecule has 0 spiro atoms. The first kappa shape index (κ1) is 19.9. The highest BCUT2D eigenvalue weighted by Crippen LogP contribution is 2.49. The molecule has 154 valence electrons. The number of hydrogen-bond acceptors (Lipinski definition) is 5. The van der Waals surface area contributed by atoms with E-state index in [1.165, 1.54) is 32.3 Å². The predicted molar refractivity (Wildman–Crippen MR) is 105 cm³/mol. The fourth-order valence-electron chi connectivity index (χ4n) is 4.59. The Labute approximate surface area is 171 Å². The quantitative estimate of drug-likeness (QED) is 0.619. The fourth-order valence-corrected chi connectivity index (χ4v) is 5.45. The maximum Gasteiger partial charge on any atom is 0.306 e. The van der Waals surface area contributed by atoms with Crippen LogP contribution in [0.1, 0.15) is 44.7 Å². The Hall–Kier alpha value is -2.35. The molecule has 0 unspecified atom stereocenters. The van der Waals surface area contributed by atoms with Gasteiger partial charge in [-0.05, 0) is 49.1 Å². The second-order valence-corrected chi connectivity index (χ2v) is 8.71. The second kappa shape index (κ2) is 8.18. The molecule has 1 amide bonds. The zero-order valence-electron chi connectivity index (χ0n) is 16.1. The minimum atomic E-state index is -0.853. The normalized spacial score (nSPS) is 22.7. The van der Waals surface area contributed by atoms with Gasteiger partial charge >= 0.3 is 5.97 Å². The summed E-state index contributed by atoms with van der Waals surface area (Å²) in [7, 11) is 0. The highest BCUT2D eigenvalue weighted by Gasteiger charge is 2.40. The van der Waals surface area contributed by atoms with Gasteiger partial charge in [-0.1, -0.05) is 6.42 Å². The lowest BCUT2D eigenvalue weighted by atomic mass is 9.86. The summed E-state index contributed by atoms with van der Waals surface area (Å²) in [6.45, 7) is 1.28. The van der Waals surface area contributed by atoms with Gasteiger partial charge in [0.2, 0.25) is 5.91 Å². The van der Waals surface area contributed by atoms with Gasteiger partial charge in [-0.3, -0.25) is 14.5 Å². The highest BCUT2D eigenvalue weighted by atomic mass is 32.1. The van der Waals surface area contributed by atoms with Gasteiger partial charge in [0.25, 0.3) is 0 Å². The third-order valence-electron chi connectivity index (χ3n) is 5.89. The van der Waals surface area contributed by atoms with Crippen LogP contribution in [0.5, 0.6) is 0 Å². The molecule has 8 heteroatoms. The van der Waals surface area contributed by atoms with Crippen LogP contribution in [0.2, 0.25) is 0 Å². The van der Waals surface area contributed by atoms with E-state index in [0.29, 0.717) is 24.0 Å². The van der Waals surface area contributed by atoms with Gasteiger partial charge in [-0.25, -0.2) is 13.8 Å². The first-order valence-electron chi connectivity index (χ1n) is 9.76.